The smallest absolute Gasteiger partial charge is 0.253 e. The van der Waals surface area contributed by atoms with E-state index in [0.717, 1.165) is 84.6 Å². The highest BCUT2D eigenvalue weighted by Gasteiger charge is 2.30. The standard InChI is InChI=1S/C29H30BrClN6O/c30-24-19-32-37-27(18-26(34-28(24)37)23-8-4-5-9-25(23)31)33-21-10-14-35(15-11-21)22-12-16-36(17-13-22)29(38)20-6-2-1-3-7-20/h1-9,18-19,21-22,33H,10-17H2. The molecule has 2 aromatic carbocycles. The Hall–Kier alpha value is -2.94. The van der Waals surface area contributed by atoms with Crippen molar-refractivity contribution in [3.8, 4) is 11.3 Å². The van der Waals surface area contributed by atoms with Crippen LogP contribution >= 0.6 is 27.5 Å². The monoisotopic (exact) mass is 592 g/mol. The molecule has 6 rings (SSSR count). The van der Waals surface area contributed by atoms with Gasteiger partial charge in [-0.1, -0.05) is 48.0 Å². The molecule has 2 saturated heterocycles. The summed E-state index contributed by atoms with van der Waals surface area (Å²) >= 11 is 10.1. The summed E-state index contributed by atoms with van der Waals surface area (Å²) < 4.78 is 2.71. The molecule has 2 aromatic heterocycles. The largest absolute Gasteiger partial charge is 0.367 e. The topological polar surface area (TPSA) is 65.8 Å². The van der Waals surface area contributed by atoms with Crippen molar-refractivity contribution in [3.63, 3.8) is 0 Å². The lowest BCUT2D eigenvalue weighted by Gasteiger charge is -2.42. The van der Waals surface area contributed by atoms with Crippen LogP contribution in [0.3, 0.4) is 0 Å². The van der Waals surface area contributed by atoms with Gasteiger partial charge in [-0.2, -0.15) is 9.61 Å². The average Bonchev–Trinajstić information content (AvgIpc) is 3.34. The van der Waals surface area contributed by atoms with Crippen LogP contribution in [0.5, 0.6) is 0 Å². The summed E-state index contributed by atoms with van der Waals surface area (Å²) in [5, 5.41) is 8.97. The highest BCUT2D eigenvalue weighted by atomic mass is 79.9. The first-order valence-electron chi connectivity index (χ1n) is 13.2. The molecule has 196 valence electrons. The highest BCUT2D eigenvalue weighted by molar-refractivity contribution is 9.10. The van der Waals surface area contributed by atoms with Crippen molar-refractivity contribution >= 4 is 44.9 Å². The Labute approximate surface area is 235 Å². The minimum atomic E-state index is 0.150. The number of carbonyl (C=O) groups is 1. The number of amides is 1. The zero-order chi connectivity index (χ0) is 26.1. The summed E-state index contributed by atoms with van der Waals surface area (Å²) in [6.45, 7) is 3.74. The quantitative estimate of drug-likeness (QED) is 0.308. The molecule has 0 bridgehead atoms. The van der Waals surface area contributed by atoms with Gasteiger partial charge in [-0.15, -0.1) is 0 Å². The Balaban J connectivity index is 1.09. The van der Waals surface area contributed by atoms with Crippen LogP contribution in [-0.4, -0.2) is 68.6 Å². The summed E-state index contributed by atoms with van der Waals surface area (Å²) in [7, 11) is 0. The number of rotatable bonds is 5. The molecule has 0 aliphatic carbocycles. The molecule has 0 atom stereocenters. The average molecular weight is 594 g/mol. The number of anilines is 1. The first-order valence-corrected chi connectivity index (χ1v) is 14.4. The third-order valence-electron chi connectivity index (χ3n) is 7.75. The molecule has 2 aliphatic rings. The fraction of sp³-hybridized carbons (Fsp3) is 0.345. The number of aromatic nitrogens is 3. The molecular formula is C29H30BrClN6O. The molecule has 0 unspecified atom stereocenters. The molecule has 38 heavy (non-hydrogen) atoms. The first-order chi connectivity index (χ1) is 18.6. The summed E-state index contributed by atoms with van der Waals surface area (Å²) in [4.78, 5) is 22.3. The van der Waals surface area contributed by atoms with E-state index in [9.17, 15) is 4.79 Å². The van der Waals surface area contributed by atoms with Crippen molar-refractivity contribution in [3.05, 3.63) is 81.9 Å². The first kappa shape index (κ1) is 25.3. The van der Waals surface area contributed by atoms with Crippen LogP contribution in [0.1, 0.15) is 36.0 Å². The highest BCUT2D eigenvalue weighted by Crippen LogP contribution is 2.31. The van der Waals surface area contributed by atoms with Crippen LogP contribution in [0.2, 0.25) is 5.02 Å². The Morgan fingerprint density at radius 1 is 0.947 bits per heavy atom. The lowest BCUT2D eigenvalue weighted by Crippen LogP contribution is -2.50. The number of benzene rings is 2. The summed E-state index contributed by atoms with van der Waals surface area (Å²) in [6, 6.07) is 20.3. The van der Waals surface area contributed by atoms with Gasteiger partial charge in [0.2, 0.25) is 0 Å². The van der Waals surface area contributed by atoms with E-state index in [4.69, 9.17) is 16.6 Å². The fourth-order valence-electron chi connectivity index (χ4n) is 5.66. The van der Waals surface area contributed by atoms with Gasteiger partial charge in [0.1, 0.15) is 5.82 Å². The van der Waals surface area contributed by atoms with E-state index in [1.54, 1.807) is 6.20 Å². The van der Waals surface area contributed by atoms with Crippen molar-refractivity contribution in [1.29, 1.82) is 0 Å². The number of nitrogens with zero attached hydrogens (tertiary/aromatic N) is 5. The van der Waals surface area contributed by atoms with Crippen molar-refractivity contribution < 1.29 is 4.79 Å². The zero-order valence-electron chi connectivity index (χ0n) is 21.1. The lowest BCUT2D eigenvalue weighted by molar-refractivity contribution is 0.0584. The predicted molar refractivity (Wildman–Crippen MR) is 155 cm³/mol. The third-order valence-corrected chi connectivity index (χ3v) is 8.64. The predicted octanol–water partition coefficient (Wildman–Crippen LogP) is 5.99. The second kappa shape index (κ2) is 11.0. The molecule has 0 radical (unpaired) electrons. The van der Waals surface area contributed by atoms with Gasteiger partial charge in [-0.3, -0.25) is 4.79 Å². The van der Waals surface area contributed by atoms with Crippen molar-refractivity contribution in [2.75, 3.05) is 31.5 Å². The number of halogens is 2. The van der Waals surface area contributed by atoms with Crippen LogP contribution in [0.15, 0.2) is 71.3 Å². The Morgan fingerprint density at radius 3 is 2.39 bits per heavy atom. The zero-order valence-corrected chi connectivity index (χ0v) is 23.4. The van der Waals surface area contributed by atoms with Gasteiger partial charge in [0.05, 0.1) is 16.4 Å². The van der Waals surface area contributed by atoms with Crippen LogP contribution in [-0.2, 0) is 0 Å². The summed E-state index contributed by atoms with van der Waals surface area (Å²) in [6.07, 6.45) is 5.95. The number of hydrogen-bond donors (Lipinski definition) is 1. The molecule has 1 amide bonds. The van der Waals surface area contributed by atoms with Crippen LogP contribution < -0.4 is 5.32 Å². The van der Waals surface area contributed by atoms with E-state index in [0.29, 0.717) is 17.1 Å². The van der Waals surface area contributed by atoms with E-state index >= 15 is 0 Å². The number of nitrogens with one attached hydrogen (secondary N) is 1. The van der Waals surface area contributed by atoms with E-state index in [1.165, 1.54) is 0 Å². The molecule has 4 heterocycles. The molecule has 2 fully saturated rings. The second-order valence-corrected chi connectivity index (χ2v) is 11.3. The Kier molecular flexibility index (Phi) is 7.37. The van der Waals surface area contributed by atoms with Gasteiger partial charge in [-0.25, -0.2) is 4.98 Å². The maximum Gasteiger partial charge on any atom is 0.253 e. The van der Waals surface area contributed by atoms with Crippen molar-refractivity contribution in [2.24, 2.45) is 0 Å². The van der Waals surface area contributed by atoms with Crippen molar-refractivity contribution in [2.45, 2.75) is 37.8 Å². The number of fused-ring (bicyclic) bond motifs is 1. The maximum atomic E-state index is 12.8. The van der Waals surface area contributed by atoms with Crippen molar-refractivity contribution in [1.82, 2.24) is 24.4 Å². The van der Waals surface area contributed by atoms with E-state index in [1.807, 2.05) is 70.1 Å². The van der Waals surface area contributed by atoms with Gasteiger partial charge in [-0.05, 0) is 59.8 Å². The van der Waals surface area contributed by atoms with Gasteiger partial charge in [0, 0.05) is 60.5 Å². The van der Waals surface area contributed by atoms with Crippen LogP contribution in [0.25, 0.3) is 16.9 Å². The van der Waals surface area contributed by atoms with Gasteiger partial charge < -0.3 is 15.1 Å². The fourth-order valence-corrected chi connectivity index (χ4v) is 6.24. The van der Waals surface area contributed by atoms with E-state index < -0.39 is 0 Å². The molecule has 4 aromatic rings. The Morgan fingerprint density at radius 2 is 1.66 bits per heavy atom. The third kappa shape index (κ3) is 5.17. The molecule has 9 heteroatoms. The second-order valence-electron chi connectivity index (χ2n) is 10.1. The molecule has 0 spiro atoms. The summed E-state index contributed by atoms with van der Waals surface area (Å²) in [5.74, 6) is 1.07. The minimum absolute atomic E-state index is 0.150. The maximum absolute atomic E-state index is 12.8. The van der Waals surface area contributed by atoms with Gasteiger partial charge in [0.25, 0.3) is 5.91 Å². The Bertz CT molecular complexity index is 1430. The summed E-state index contributed by atoms with van der Waals surface area (Å²) in [5.41, 5.74) is 3.27. The molecule has 0 saturated carbocycles. The lowest BCUT2D eigenvalue weighted by atomic mass is 9.97. The SMILES string of the molecule is O=C(c1ccccc1)N1CCC(N2CCC(Nc3cc(-c4ccccc4Cl)nc4c(Br)cnn34)CC2)CC1. The number of piperidine rings is 2. The number of carbonyl (C=O) groups excluding carboxylic acids is 1. The molecular weight excluding hydrogens is 564 g/mol. The van der Waals surface area contributed by atoms with Crippen LogP contribution in [0.4, 0.5) is 5.82 Å². The molecule has 7 nitrogen and oxygen atoms in total. The van der Waals surface area contributed by atoms with Gasteiger partial charge >= 0.3 is 0 Å². The van der Waals surface area contributed by atoms with Crippen LogP contribution in [0, 0.1) is 0 Å². The minimum Gasteiger partial charge on any atom is -0.367 e. The number of likely N-dealkylation sites (tertiary alicyclic amines) is 2. The van der Waals surface area contributed by atoms with E-state index in [-0.39, 0.29) is 5.91 Å². The van der Waals surface area contributed by atoms with E-state index in [2.05, 4.69) is 31.2 Å². The van der Waals surface area contributed by atoms with Gasteiger partial charge in [0.15, 0.2) is 5.65 Å². The molecule has 1 N–H and O–H groups in total. The normalized spacial score (nSPS) is 17.7. The molecule has 2 aliphatic heterocycles. The number of hydrogen-bond acceptors (Lipinski definition) is 5.